The number of nitrogens with zero attached hydrogens (tertiary/aromatic N) is 2. The Bertz CT molecular complexity index is 377. The van der Waals surface area contributed by atoms with Crippen LogP contribution in [0.5, 0.6) is 0 Å². The highest BCUT2D eigenvalue weighted by Crippen LogP contribution is 2.39. The molecule has 1 saturated carbocycles. The van der Waals surface area contributed by atoms with E-state index in [1.165, 1.54) is 11.8 Å². The van der Waals surface area contributed by atoms with Crippen LogP contribution in [0, 0.1) is 0 Å². The highest BCUT2D eigenvalue weighted by atomic mass is 32.2. The van der Waals surface area contributed by atoms with Gasteiger partial charge in [0.25, 0.3) is 0 Å². The van der Waals surface area contributed by atoms with Crippen LogP contribution >= 0.6 is 11.8 Å². The maximum atomic E-state index is 10.8. The molecule has 1 aliphatic carbocycles. The Labute approximate surface area is 85.8 Å². The third-order valence-corrected chi connectivity index (χ3v) is 2.67. The molecule has 1 fully saturated rings. The SMILES string of the molecule is CSc1nc(C(=O)O)cc(C2CC2)n1. The van der Waals surface area contributed by atoms with Crippen molar-refractivity contribution in [2.24, 2.45) is 0 Å². The summed E-state index contributed by atoms with van der Waals surface area (Å²) in [5, 5.41) is 9.38. The van der Waals surface area contributed by atoms with E-state index >= 15 is 0 Å². The van der Waals surface area contributed by atoms with E-state index in [1.807, 2.05) is 6.26 Å². The molecule has 1 aromatic rings. The maximum absolute atomic E-state index is 10.8. The molecule has 0 aliphatic heterocycles. The van der Waals surface area contributed by atoms with Gasteiger partial charge in [-0.1, -0.05) is 11.8 Å². The molecule has 0 radical (unpaired) electrons. The third kappa shape index (κ3) is 1.87. The van der Waals surface area contributed by atoms with Gasteiger partial charge in [-0.15, -0.1) is 0 Å². The number of aromatic carboxylic acids is 1. The number of carboxylic acids is 1. The molecule has 1 heterocycles. The summed E-state index contributed by atoms with van der Waals surface area (Å²) < 4.78 is 0. The van der Waals surface area contributed by atoms with Crippen LogP contribution in [0.25, 0.3) is 0 Å². The second kappa shape index (κ2) is 3.57. The zero-order valence-corrected chi connectivity index (χ0v) is 8.54. The molecular weight excluding hydrogens is 200 g/mol. The quantitative estimate of drug-likeness (QED) is 0.608. The van der Waals surface area contributed by atoms with Gasteiger partial charge < -0.3 is 5.11 Å². The first-order valence-electron chi connectivity index (χ1n) is 4.37. The van der Waals surface area contributed by atoms with Crippen molar-refractivity contribution in [3.63, 3.8) is 0 Å². The van der Waals surface area contributed by atoms with Crippen LogP contribution in [0.2, 0.25) is 0 Å². The van der Waals surface area contributed by atoms with E-state index in [0.29, 0.717) is 11.1 Å². The van der Waals surface area contributed by atoms with Crippen LogP contribution in [0.3, 0.4) is 0 Å². The van der Waals surface area contributed by atoms with Crippen molar-refractivity contribution in [3.05, 3.63) is 17.5 Å². The summed E-state index contributed by atoms with van der Waals surface area (Å²) in [4.78, 5) is 19.0. The number of thioether (sulfide) groups is 1. The molecule has 0 unspecified atom stereocenters. The molecule has 0 spiro atoms. The number of rotatable bonds is 3. The third-order valence-electron chi connectivity index (χ3n) is 2.12. The predicted octanol–water partition coefficient (Wildman–Crippen LogP) is 1.77. The fourth-order valence-electron chi connectivity index (χ4n) is 1.23. The topological polar surface area (TPSA) is 63.1 Å². The summed E-state index contributed by atoms with van der Waals surface area (Å²) in [5.74, 6) is -0.522. The van der Waals surface area contributed by atoms with Gasteiger partial charge >= 0.3 is 5.97 Å². The van der Waals surface area contributed by atoms with Gasteiger partial charge in [0.1, 0.15) is 0 Å². The van der Waals surface area contributed by atoms with Crippen LogP contribution in [0.15, 0.2) is 11.2 Å². The van der Waals surface area contributed by atoms with E-state index < -0.39 is 5.97 Å². The number of carboxylic acid groups (broad SMARTS) is 1. The molecule has 4 nitrogen and oxygen atoms in total. The van der Waals surface area contributed by atoms with Crippen molar-refractivity contribution in [2.45, 2.75) is 23.9 Å². The van der Waals surface area contributed by atoms with Crippen LogP contribution in [-0.4, -0.2) is 27.3 Å². The Morgan fingerprint density at radius 2 is 2.29 bits per heavy atom. The molecule has 1 N–H and O–H groups in total. The zero-order chi connectivity index (χ0) is 10.1. The Balaban J connectivity index is 2.40. The van der Waals surface area contributed by atoms with Crippen molar-refractivity contribution in [1.82, 2.24) is 9.97 Å². The van der Waals surface area contributed by atoms with Crippen LogP contribution in [0.1, 0.15) is 34.9 Å². The average Bonchev–Trinajstić information content (AvgIpc) is 3.00. The fraction of sp³-hybridized carbons (Fsp3) is 0.444. The summed E-state index contributed by atoms with van der Waals surface area (Å²) in [6.45, 7) is 0. The van der Waals surface area contributed by atoms with Crippen LogP contribution in [-0.2, 0) is 0 Å². The normalized spacial score (nSPS) is 15.5. The Hall–Kier alpha value is -1.10. The molecule has 1 aromatic heterocycles. The summed E-state index contributed by atoms with van der Waals surface area (Å²) in [5.41, 5.74) is 0.980. The highest BCUT2D eigenvalue weighted by Gasteiger charge is 2.26. The van der Waals surface area contributed by atoms with Gasteiger partial charge in [-0.2, -0.15) is 0 Å². The van der Waals surface area contributed by atoms with Gasteiger partial charge in [-0.05, 0) is 25.2 Å². The second-order valence-electron chi connectivity index (χ2n) is 3.24. The first kappa shape index (κ1) is 9.45. The molecule has 0 aromatic carbocycles. The summed E-state index contributed by atoms with van der Waals surface area (Å²) in [6, 6.07) is 1.58. The molecule has 0 bridgehead atoms. The van der Waals surface area contributed by atoms with Crippen molar-refractivity contribution < 1.29 is 9.90 Å². The van der Waals surface area contributed by atoms with E-state index in [4.69, 9.17) is 5.11 Å². The van der Waals surface area contributed by atoms with E-state index in [-0.39, 0.29) is 5.69 Å². The lowest BCUT2D eigenvalue weighted by Gasteiger charge is -2.02. The number of hydrogen-bond acceptors (Lipinski definition) is 4. The number of aromatic nitrogens is 2. The molecular formula is C9H10N2O2S. The average molecular weight is 210 g/mol. The lowest BCUT2D eigenvalue weighted by atomic mass is 10.2. The Morgan fingerprint density at radius 1 is 1.57 bits per heavy atom. The largest absolute Gasteiger partial charge is 0.477 e. The van der Waals surface area contributed by atoms with Crippen molar-refractivity contribution in [1.29, 1.82) is 0 Å². The highest BCUT2D eigenvalue weighted by molar-refractivity contribution is 7.98. The predicted molar refractivity (Wildman–Crippen MR) is 52.7 cm³/mol. The summed E-state index contributed by atoms with van der Waals surface area (Å²) >= 11 is 1.37. The van der Waals surface area contributed by atoms with Gasteiger partial charge in [-0.3, -0.25) is 0 Å². The van der Waals surface area contributed by atoms with E-state index in [1.54, 1.807) is 6.07 Å². The van der Waals surface area contributed by atoms with Crippen LogP contribution in [0.4, 0.5) is 0 Å². The van der Waals surface area contributed by atoms with Gasteiger partial charge in [0.05, 0.1) is 0 Å². The van der Waals surface area contributed by atoms with E-state index in [2.05, 4.69) is 9.97 Å². The molecule has 5 heteroatoms. The van der Waals surface area contributed by atoms with Crippen LogP contribution < -0.4 is 0 Å². The second-order valence-corrected chi connectivity index (χ2v) is 4.02. The minimum atomic E-state index is -0.982. The Kier molecular flexibility index (Phi) is 2.41. The maximum Gasteiger partial charge on any atom is 0.354 e. The van der Waals surface area contributed by atoms with E-state index in [0.717, 1.165) is 18.5 Å². The standard InChI is InChI=1S/C9H10N2O2S/c1-14-9-10-6(5-2-3-5)4-7(11-9)8(12)13/h4-5H,2-3H2,1H3,(H,12,13). The molecule has 14 heavy (non-hydrogen) atoms. The lowest BCUT2D eigenvalue weighted by Crippen LogP contribution is -2.04. The van der Waals surface area contributed by atoms with Crippen molar-refractivity contribution >= 4 is 17.7 Å². The minimum Gasteiger partial charge on any atom is -0.477 e. The first-order chi connectivity index (χ1) is 6.70. The van der Waals surface area contributed by atoms with E-state index in [9.17, 15) is 4.79 Å². The van der Waals surface area contributed by atoms with Gasteiger partial charge in [-0.25, -0.2) is 14.8 Å². The summed E-state index contributed by atoms with van der Waals surface area (Å²) in [6.07, 6.45) is 4.07. The first-order valence-corrected chi connectivity index (χ1v) is 5.59. The monoisotopic (exact) mass is 210 g/mol. The Morgan fingerprint density at radius 3 is 2.79 bits per heavy atom. The molecule has 74 valence electrons. The fourth-order valence-corrected chi connectivity index (χ4v) is 1.62. The molecule has 0 saturated heterocycles. The van der Waals surface area contributed by atoms with Gasteiger partial charge in [0.15, 0.2) is 10.9 Å². The molecule has 0 amide bonds. The molecule has 0 atom stereocenters. The lowest BCUT2D eigenvalue weighted by molar-refractivity contribution is 0.0689. The summed E-state index contributed by atoms with van der Waals surface area (Å²) in [7, 11) is 0. The van der Waals surface area contributed by atoms with Crippen molar-refractivity contribution in [3.8, 4) is 0 Å². The minimum absolute atomic E-state index is 0.103. The van der Waals surface area contributed by atoms with Gasteiger partial charge in [0.2, 0.25) is 0 Å². The number of hydrogen-bond donors (Lipinski definition) is 1. The molecule has 2 rings (SSSR count). The van der Waals surface area contributed by atoms with Crippen molar-refractivity contribution in [2.75, 3.05) is 6.26 Å². The smallest absolute Gasteiger partial charge is 0.354 e. The van der Waals surface area contributed by atoms with Gasteiger partial charge in [0, 0.05) is 11.6 Å². The molecule has 1 aliphatic rings. The zero-order valence-electron chi connectivity index (χ0n) is 7.73. The number of carbonyl (C=O) groups is 1.